The molecule has 0 aromatic heterocycles. The maximum absolute atomic E-state index is 11.9. The summed E-state index contributed by atoms with van der Waals surface area (Å²) in [4.78, 5) is 21.5. The number of carbonyl (C=O) groups excluding carboxylic acids is 2. The van der Waals surface area contributed by atoms with Gasteiger partial charge in [-0.3, -0.25) is 14.6 Å². The minimum Gasteiger partial charge on any atom is -0.462 e. The zero-order valence-electron chi connectivity index (χ0n) is 17.6. The van der Waals surface area contributed by atoms with Gasteiger partial charge < -0.3 is 15.4 Å². The second-order valence-corrected chi connectivity index (χ2v) is 8.46. The van der Waals surface area contributed by atoms with Crippen molar-refractivity contribution in [2.75, 3.05) is 25.1 Å². The summed E-state index contributed by atoms with van der Waals surface area (Å²) in [5, 5.41) is 13.2. The van der Waals surface area contributed by atoms with Crippen LogP contribution in [0.3, 0.4) is 0 Å². The number of hydrogen-bond acceptors (Lipinski definition) is 6. The lowest BCUT2D eigenvalue weighted by atomic mass is 10.1. The van der Waals surface area contributed by atoms with Gasteiger partial charge in [0.05, 0.1) is 22.3 Å². The first-order valence-electron chi connectivity index (χ1n) is 9.44. The molecule has 162 valence electrons. The third-order valence-corrected chi connectivity index (χ3v) is 4.58. The van der Waals surface area contributed by atoms with E-state index in [1.165, 1.54) is 0 Å². The Hall–Kier alpha value is -1.83. The van der Waals surface area contributed by atoms with Gasteiger partial charge in [0.1, 0.15) is 11.4 Å². The van der Waals surface area contributed by atoms with Crippen molar-refractivity contribution in [3.8, 4) is 0 Å². The SMILES string of the molecule is CC(C)(C)OC=O.CNCCCC(=O)NC1=NN(c2ccc(Cl)c(Cl)c2)CC1C. The van der Waals surface area contributed by atoms with Crippen LogP contribution in [0.1, 0.15) is 40.5 Å². The van der Waals surface area contributed by atoms with Gasteiger partial charge >= 0.3 is 0 Å². The molecule has 1 amide bonds. The summed E-state index contributed by atoms with van der Waals surface area (Å²) >= 11 is 12.0. The Morgan fingerprint density at radius 3 is 2.55 bits per heavy atom. The van der Waals surface area contributed by atoms with E-state index >= 15 is 0 Å². The molecule has 1 atom stereocenters. The first kappa shape index (κ1) is 25.2. The highest BCUT2D eigenvalue weighted by Crippen LogP contribution is 2.29. The average Bonchev–Trinajstić information content (AvgIpc) is 2.97. The summed E-state index contributed by atoms with van der Waals surface area (Å²) in [7, 11) is 1.87. The molecule has 1 aromatic rings. The minimum absolute atomic E-state index is 0.00293. The Morgan fingerprint density at radius 2 is 2.03 bits per heavy atom. The molecule has 1 aromatic carbocycles. The van der Waals surface area contributed by atoms with Crippen LogP contribution in [0, 0.1) is 5.92 Å². The molecule has 0 aliphatic carbocycles. The summed E-state index contributed by atoms with van der Waals surface area (Å²) in [5.74, 6) is 0.847. The molecule has 0 spiro atoms. The number of amides is 1. The van der Waals surface area contributed by atoms with Crippen molar-refractivity contribution in [1.29, 1.82) is 0 Å². The van der Waals surface area contributed by atoms with Crippen molar-refractivity contribution in [3.63, 3.8) is 0 Å². The number of benzene rings is 1. The smallest absolute Gasteiger partial charge is 0.293 e. The summed E-state index contributed by atoms with van der Waals surface area (Å²) in [6.45, 7) is 9.48. The van der Waals surface area contributed by atoms with Crippen LogP contribution < -0.4 is 15.6 Å². The number of ether oxygens (including phenoxy) is 1. The normalized spacial score (nSPS) is 15.9. The maximum atomic E-state index is 11.9. The highest BCUT2D eigenvalue weighted by molar-refractivity contribution is 6.42. The van der Waals surface area contributed by atoms with E-state index in [0.29, 0.717) is 35.3 Å². The number of rotatable bonds is 6. The Kier molecular flexibility index (Phi) is 10.4. The minimum atomic E-state index is -0.318. The number of nitrogens with one attached hydrogen (secondary N) is 2. The monoisotopic (exact) mass is 444 g/mol. The Bertz CT molecular complexity index is 720. The van der Waals surface area contributed by atoms with Gasteiger partial charge in [-0.25, -0.2) is 0 Å². The number of halogens is 2. The van der Waals surface area contributed by atoms with Crippen molar-refractivity contribution in [2.24, 2.45) is 11.0 Å². The Balaban J connectivity index is 0.000000516. The number of hydrogen-bond donors (Lipinski definition) is 2. The predicted octanol–water partition coefficient (Wildman–Crippen LogP) is 3.84. The zero-order valence-corrected chi connectivity index (χ0v) is 19.1. The molecular weight excluding hydrogens is 415 g/mol. The lowest BCUT2D eigenvalue weighted by Crippen LogP contribution is -2.33. The molecule has 2 N–H and O–H groups in total. The molecule has 0 fully saturated rings. The van der Waals surface area contributed by atoms with Crippen molar-refractivity contribution in [2.45, 2.75) is 46.1 Å². The summed E-state index contributed by atoms with van der Waals surface area (Å²) in [5.41, 5.74) is 0.544. The van der Waals surface area contributed by atoms with Gasteiger partial charge in [0.2, 0.25) is 5.91 Å². The molecule has 0 radical (unpaired) electrons. The van der Waals surface area contributed by atoms with Crippen LogP contribution in [-0.4, -0.2) is 44.0 Å². The molecule has 0 saturated heterocycles. The Morgan fingerprint density at radius 1 is 1.34 bits per heavy atom. The molecule has 2 rings (SSSR count). The van der Waals surface area contributed by atoms with Crippen LogP contribution in [0.4, 0.5) is 5.69 Å². The highest BCUT2D eigenvalue weighted by atomic mass is 35.5. The van der Waals surface area contributed by atoms with Gasteiger partial charge in [-0.15, -0.1) is 0 Å². The topological polar surface area (TPSA) is 83.0 Å². The first-order chi connectivity index (χ1) is 13.6. The van der Waals surface area contributed by atoms with Crippen LogP contribution in [-0.2, 0) is 14.3 Å². The fraction of sp³-hybridized carbons (Fsp3) is 0.550. The van der Waals surface area contributed by atoms with Crippen LogP contribution in [0.2, 0.25) is 10.0 Å². The van der Waals surface area contributed by atoms with Gasteiger partial charge in [-0.2, -0.15) is 5.10 Å². The quantitative estimate of drug-likeness (QED) is 0.514. The van der Waals surface area contributed by atoms with Crippen molar-refractivity contribution < 1.29 is 14.3 Å². The number of anilines is 1. The number of nitrogens with zero attached hydrogens (tertiary/aromatic N) is 2. The van der Waals surface area contributed by atoms with Crippen LogP contribution in [0.5, 0.6) is 0 Å². The van der Waals surface area contributed by atoms with Gasteiger partial charge in [-0.05, 0) is 59.0 Å². The van der Waals surface area contributed by atoms with E-state index < -0.39 is 0 Å². The van der Waals surface area contributed by atoms with E-state index in [1.807, 2.05) is 45.8 Å². The number of amidine groups is 1. The maximum Gasteiger partial charge on any atom is 0.293 e. The molecule has 29 heavy (non-hydrogen) atoms. The lowest BCUT2D eigenvalue weighted by Gasteiger charge is -2.14. The highest BCUT2D eigenvalue weighted by Gasteiger charge is 2.25. The van der Waals surface area contributed by atoms with E-state index in [2.05, 4.69) is 20.5 Å². The predicted molar refractivity (Wildman–Crippen MR) is 119 cm³/mol. The second-order valence-electron chi connectivity index (χ2n) is 7.65. The molecule has 0 bridgehead atoms. The zero-order chi connectivity index (χ0) is 22.0. The molecule has 1 unspecified atom stereocenters. The molecule has 7 nitrogen and oxygen atoms in total. The standard InChI is InChI=1S/C15H20Cl2N4O.C5H10O2/c1-10-9-21(11-5-6-12(16)13(17)8-11)20-15(10)19-14(22)4-3-7-18-2;1-5(2,3)7-4-6/h5-6,8,10,18H,3-4,7,9H2,1-2H3,(H,19,20,22);4H,1-3H3. The first-order valence-corrected chi connectivity index (χ1v) is 10.2. The summed E-state index contributed by atoms with van der Waals surface area (Å²) in [6.07, 6.45) is 1.29. The Labute approximate surface area is 182 Å². The molecular formula is C20H30Cl2N4O3. The molecule has 1 aliphatic heterocycles. The fourth-order valence-corrected chi connectivity index (χ4v) is 2.64. The summed E-state index contributed by atoms with van der Waals surface area (Å²) in [6, 6.07) is 5.38. The summed E-state index contributed by atoms with van der Waals surface area (Å²) < 4.78 is 4.55. The molecule has 1 aliphatic rings. The third kappa shape index (κ3) is 9.47. The lowest BCUT2D eigenvalue weighted by molar-refractivity contribution is -0.138. The van der Waals surface area contributed by atoms with Crippen LogP contribution in [0.25, 0.3) is 0 Å². The van der Waals surface area contributed by atoms with Crippen molar-refractivity contribution in [3.05, 3.63) is 28.2 Å². The van der Waals surface area contributed by atoms with Gasteiger partial charge in [0.15, 0.2) is 0 Å². The van der Waals surface area contributed by atoms with Crippen molar-refractivity contribution >= 4 is 47.1 Å². The van der Waals surface area contributed by atoms with Gasteiger partial charge in [-0.1, -0.05) is 30.1 Å². The van der Waals surface area contributed by atoms with E-state index in [4.69, 9.17) is 23.2 Å². The van der Waals surface area contributed by atoms with E-state index in [-0.39, 0.29) is 17.4 Å². The van der Waals surface area contributed by atoms with E-state index in [9.17, 15) is 9.59 Å². The van der Waals surface area contributed by atoms with E-state index in [1.54, 1.807) is 12.1 Å². The number of hydrazone groups is 1. The van der Waals surface area contributed by atoms with Crippen LogP contribution in [0.15, 0.2) is 23.3 Å². The average molecular weight is 445 g/mol. The van der Waals surface area contributed by atoms with Gasteiger partial charge in [0, 0.05) is 12.3 Å². The molecule has 1 heterocycles. The van der Waals surface area contributed by atoms with E-state index in [0.717, 1.165) is 18.7 Å². The van der Waals surface area contributed by atoms with Crippen molar-refractivity contribution in [1.82, 2.24) is 10.6 Å². The second kappa shape index (κ2) is 12.0. The largest absolute Gasteiger partial charge is 0.462 e. The van der Waals surface area contributed by atoms with Crippen LogP contribution >= 0.6 is 23.2 Å². The molecule has 9 heteroatoms. The van der Waals surface area contributed by atoms with Gasteiger partial charge in [0.25, 0.3) is 6.47 Å². The third-order valence-electron chi connectivity index (χ3n) is 3.84. The number of carbonyl (C=O) groups is 2. The fourth-order valence-electron chi connectivity index (χ4n) is 2.35. The molecule has 0 saturated carbocycles.